The molecule has 2 rings (SSSR count). The van der Waals surface area contributed by atoms with E-state index in [9.17, 15) is 4.79 Å². The van der Waals surface area contributed by atoms with Gasteiger partial charge in [0.15, 0.2) is 0 Å². The Morgan fingerprint density at radius 1 is 1.36 bits per heavy atom. The zero-order valence-electron chi connectivity index (χ0n) is 8.02. The Bertz CT molecular complexity index is 323. The van der Waals surface area contributed by atoms with Crippen LogP contribution in [0.2, 0.25) is 0 Å². The number of carbonyl (C=O) groups is 1. The molecule has 0 aromatic heterocycles. The van der Waals surface area contributed by atoms with E-state index >= 15 is 0 Å². The summed E-state index contributed by atoms with van der Waals surface area (Å²) in [6.07, 6.45) is 1.50. The van der Waals surface area contributed by atoms with Gasteiger partial charge in [0.05, 0.1) is 0 Å². The lowest BCUT2D eigenvalue weighted by molar-refractivity contribution is -0.117. The number of nitrogens with two attached hydrogens (primary N) is 1. The number of anilines is 1. The van der Waals surface area contributed by atoms with Crippen LogP contribution in [0.5, 0.6) is 0 Å². The molecule has 0 bridgehead atoms. The highest BCUT2D eigenvalue weighted by Gasteiger charge is 2.30. The molecule has 74 valence electrons. The molecule has 2 N–H and O–H groups in total. The minimum absolute atomic E-state index is 0.185. The molecule has 3 heteroatoms. The Labute approximate surface area is 83.5 Å². The first-order chi connectivity index (χ1) is 6.83. The minimum Gasteiger partial charge on any atom is -0.328 e. The average Bonchev–Trinajstić information content (AvgIpc) is 2.61. The van der Waals surface area contributed by atoms with Crippen molar-refractivity contribution in [1.82, 2.24) is 0 Å². The third kappa shape index (κ3) is 1.51. The largest absolute Gasteiger partial charge is 0.328 e. The summed E-state index contributed by atoms with van der Waals surface area (Å²) in [6.45, 7) is 0.542. The molecule has 1 saturated heterocycles. The standard InChI is InChI=1S/C11H14N2O/c12-8-10-6-7-11(14)13(10)9-4-2-1-3-5-9/h1-5,10H,6-8,12H2. The fourth-order valence-electron chi connectivity index (χ4n) is 1.91. The summed E-state index contributed by atoms with van der Waals surface area (Å²) < 4.78 is 0. The molecule has 0 saturated carbocycles. The van der Waals surface area contributed by atoms with Gasteiger partial charge in [0.25, 0.3) is 0 Å². The molecule has 1 aliphatic heterocycles. The maximum Gasteiger partial charge on any atom is 0.227 e. The Hall–Kier alpha value is -1.35. The average molecular weight is 190 g/mol. The van der Waals surface area contributed by atoms with Crippen molar-refractivity contribution < 1.29 is 4.79 Å². The van der Waals surface area contributed by atoms with Gasteiger partial charge in [-0.1, -0.05) is 18.2 Å². The molecule has 0 radical (unpaired) electrons. The molecule has 1 heterocycles. The third-order valence-corrected chi connectivity index (χ3v) is 2.63. The van der Waals surface area contributed by atoms with E-state index in [1.807, 2.05) is 35.2 Å². The van der Waals surface area contributed by atoms with Crippen LogP contribution >= 0.6 is 0 Å². The second-order valence-corrected chi connectivity index (χ2v) is 3.53. The quantitative estimate of drug-likeness (QED) is 0.760. The summed E-state index contributed by atoms with van der Waals surface area (Å²) in [5.74, 6) is 0.187. The van der Waals surface area contributed by atoms with Crippen molar-refractivity contribution in [1.29, 1.82) is 0 Å². The first-order valence-corrected chi connectivity index (χ1v) is 4.90. The number of para-hydroxylation sites is 1. The zero-order valence-corrected chi connectivity index (χ0v) is 8.02. The molecule has 14 heavy (non-hydrogen) atoms. The third-order valence-electron chi connectivity index (χ3n) is 2.63. The lowest BCUT2D eigenvalue weighted by atomic mass is 10.2. The van der Waals surface area contributed by atoms with Gasteiger partial charge in [-0.3, -0.25) is 4.79 Å². The van der Waals surface area contributed by atoms with Gasteiger partial charge in [0.1, 0.15) is 0 Å². The molecule has 1 amide bonds. The summed E-state index contributed by atoms with van der Waals surface area (Å²) >= 11 is 0. The van der Waals surface area contributed by atoms with E-state index < -0.39 is 0 Å². The van der Waals surface area contributed by atoms with Crippen molar-refractivity contribution in [2.75, 3.05) is 11.4 Å². The van der Waals surface area contributed by atoms with Crippen LogP contribution in [-0.2, 0) is 4.79 Å². The van der Waals surface area contributed by atoms with E-state index in [0.717, 1.165) is 12.1 Å². The van der Waals surface area contributed by atoms with E-state index in [0.29, 0.717) is 13.0 Å². The maximum absolute atomic E-state index is 11.6. The number of rotatable bonds is 2. The highest BCUT2D eigenvalue weighted by atomic mass is 16.2. The second-order valence-electron chi connectivity index (χ2n) is 3.53. The van der Waals surface area contributed by atoms with Gasteiger partial charge in [-0.2, -0.15) is 0 Å². The molecule has 1 aliphatic rings. The molecule has 3 nitrogen and oxygen atoms in total. The number of nitrogens with zero attached hydrogens (tertiary/aromatic N) is 1. The van der Waals surface area contributed by atoms with Crippen LogP contribution in [0.3, 0.4) is 0 Å². The van der Waals surface area contributed by atoms with Gasteiger partial charge in [0, 0.05) is 24.7 Å². The van der Waals surface area contributed by atoms with Crippen LogP contribution in [0.4, 0.5) is 5.69 Å². The van der Waals surface area contributed by atoms with E-state index in [-0.39, 0.29) is 11.9 Å². The first-order valence-electron chi connectivity index (χ1n) is 4.90. The van der Waals surface area contributed by atoms with Crippen molar-refractivity contribution in [2.45, 2.75) is 18.9 Å². The van der Waals surface area contributed by atoms with Gasteiger partial charge in [0.2, 0.25) is 5.91 Å². The predicted octanol–water partition coefficient (Wildman–Crippen LogP) is 1.14. The number of hydrogen-bond acceptors (Lipinski definition) is 2. The Kier molecular flexibility index (Phi) is 2.50. The summed E-state index contributed by atoms with van der Waals surface area (Å²) in [4.78, 5) is 13.4. The fourth-order valence-corrected chi connectivity index (χ4v) is 1.91. The van der Waals surface area contributed by atoms with Gasteiger partial charge in [-0.25, -0.2) is 0 Å². The van der Waals surface area contributed by atoms with Crippen LogP contribution < -0.4 is 10.6 Å². The van der Waals surface area contributed by atoms with Crippen LogP contribution in [0, 0.1) is 0 Å². The summed E-state index contributed by atoms with van der Waals surface area (Å²) in [5.41, 5.74) is 6.59. The van der Waals surface area contributed by atoms with E-state index in [1.54, 1.807) is 0 Å². The molecular weight excluding hydrogens is 176 g/mol. The Balaban J connectivity index is 2.28. The molecule has 1 fully saturated rings. The zero-order chi connectivity index (χ0) is 9.97. The number of benzene rings is 1. The highest BCUT2D eigenvalue weighted by molar-refractivity contribution is 5.96. The number of amides is 1. The normalized spacial score (nSPS) is 21.6. The van der Waals surface area contributed by atoms with Crippen LogP contribution in [-0.4, -0.2) is 18.5 Å². The van der Waals surface area contributed by atoms with E-state index in [1.165, 1.54) is 0 Å². The fraction of sp³-hybridized carbons (Fsp3) is 0.364. The van der Waals surface area contributed by atoms with Crippen LogP contribution in [0.25, 0.3) is 0 Å². The molecule has 1 aromatic rings. The first kappa shape index (κ1) is 9.21. The van der Waals surface area contributed by atoms with Crippen molar-refractivity contribution in [2.24, 2.45) is 5.73 Å². The van der Waals surface area contributed by atoms with E-state index in [4.69, 9.17) is 5.73 Å². The van der Waals surface area contributed by atoms with Gasteiger partial charge < -0.3 is 10.6 Å². The SMILES string of the molecule is NCC1CCC(=O)N1c1ccccc1. The Morgan fingerprint density at radius 3 is 2.71 bits per heavy atom. The predicted molar refractivity (Wildman–Crippen MR) is 56.0 cm³/mol. The molecule has 1 aromatic carbocycles. The molecule has 1 unspecified atom stereocenters. The summed E-state index contributed by atoms with van der Waals surface area (Å²) in [6, 6.07) is 9.91. The van der Waals surface area contributed by atoms with Crippen molar-refractivity contribution in [3.63, 3.8) is 0 Å². The lowest BCUT2D eigenvalue weighted by Gasteiger charge is -2.23. The van der Waals surface area contributed by atoms with Gasteiger partial charge in [-0.05, 0) is 18.6 Å². The van der Waals surface area contributed by atoms with Gasteiger partial charge in [-0.15, -0.1) is 0 Å². The second kappa shape index (κ2) is 3.80. The smallest absolute Gasteiger partial charge is 0.227 e. The highest BCUT2D eigenvalue weighted by Crippen LogP contribution is 2.25. The summed E-state index contributed by atoms with van der Waals surface area (Å²) in [5, 5.41) is 0. The summed E-state index contributed by atoms with van der Waals surface area (Å²) in [7, 11) is 0. The molecular formula is C11H14N2O. The molecule has 0 aliphatic carbocycles. The molecule has 1 atom stereocenters. The molecule has 0 spiro atoms. The minimum atomic E-state index is 0.185. The number of hydrogen-bond donors (Lipinski definition) is 1. The van der Waals surface area contributed by atoms with Gasteiger partial charge >= 0.3 is 0 Å². The monoisotopic (exact) mass is 190 g/mol. The van der Waals surface area contributed by atoms with Crippen molar-refractivity contribution in [3.05, 3.63) is 30.3 Å². The maximum atomic E-state index is 11.6. The van der Waals surface area contributed by atoms with E-state index in [2.05, 4.69) is 0 Å². The Morgan fingerprint density at radius 2 is 2.07 bits per heavy atom. The van der Waals surface area contributed by atoms with Crippen LogP contribution in [0.15, 0.2) is 30.3 Å². The van der Waals surface area contributed by atoms with Crippen molar-refractivity contribution >= 4 is 11.6 Å². The van der Waals surface area contributed by atoms with Crippen molar-refractivity contribution in [3.8, 4) is 0 Å². The lowest BCUT2D eigenvalue weighted by Crippen LogP contribution is -2.37. The van der Waals surface area contributed by atoms with Crippen LogP contribution in [0.1, 0.15) is 12.8 Å². The number of carbonyl (C=O) groups excluding carboxylic acids is 1. The topological polar surface area (TPSA) is 46.3 Å².